The maximum absolute atomic E-state index is 6.09. The Balaban J connectivity index is 2.44. The van der Waals surface area contributed by atoms with Crippen LogP contribution in [0.15, 0.2) is 34.3 Å². The molecule has 0 N–H and O–H groups in total. The van der Waals surface area contributed by atoms with E-state index in [1.165, 1.54) is 33.4 Å². The van der Waals surface area contributed by atoms with Crippen molar-refractivity contribution in [1.82, 2.24) is 0 Å². The SMILES string of the molecule is CC(=Nc1c(C)cc(C)cc1C)C(CCCO[Si](C)(C)C)=Nc1c(C)cc(C)cc1C. The maximum Gasteiger partial charge on any atom is 0.183 e. The van der Waals surface area contributed by atoms with Gasteiger partial charge in [-0.15, -0.1) is 0 Å². The molecule has 0 heterocycles. The van der Waals surface area contributed by atoms with E-state index < -0.39 is 8.32 Å². The lowest BCUT2D eigenvalue weighted by Gasteiger charge is -2.17. The normalized spacial score (nSPS) is 13.1. The summed E-state index contributed by atoms with van der Waals surface area (Å²) in [6, 6.07) is 8.81. The van der Waals surface area contributed by atoms with Crippen molar-refractivity contribution in [3.8, 4) is 0 Å². The van der Waals surface area contributed by atoms with Crippen LogP contribution in [0.5, 0.6) is 0 Å². The Bertz CT molecular complexity index is 951. The van der Waals surface area contributed by atoms with Gasteiger partial charge in [-0.1, -0.05) is 35.4 Å². The zero-order chi connectivity index (χ0) is 23.3. The lowest BCUT2D eigenvalue weighted by atomic mass is 10.0. The molecule has 0 aliphatic carbocycles. The van der Waals surface area contributed by atoms with Crippen molar-refractivity contribution in [2.45, 2.75) is 80.9 Å². The first kappa shape index (κ1) is 25.2. The number of benzene rings is 2. The molecule has 0 aliphatic heterocycles. The van der Waals surface area contributed by atoms with Gasteiger partial charge in [0, 0.05) is 6.61 Å². The van der Waals surface area contributed by atoms with Crippen LogP contribution in [0.4, 0.5) is 11.4 Å². The summed E-state index contributed by atoms with van der Waals surface area (Å²) >= 11 is 0. The third-order valence-corrected chi connectivity index (χ3v) is 6.38. The standard InChI is InChI=1S/C27H40N2OSi/c1-18-14-20(3)26(21(4)15-18)28-24(7)25(12-11-13-30-31(8,9)10)29-27-22(5)16-19(2)17-23(27)6/h14-17H,11-13H2,1-10H3. The lowest BCUT2D eigenvalue weighted by molar-refractivity contribution is 0.307. The molecule has 168 valence electrons. The Morgan fingerprint density at radius 1 is 0.742 bits per heavy atom. The van der Waals surface area contributed by atoms with Gasteiger partial charge in [-0.25, -0.2) is 0 Å². The second-order valence-corrected chi connectivity index (χ2v) is 14.3. The molecule has 31 heavy (non-hydrogen) atoms. The molecule has 0 bridgehead atoms. The minimum absolute atomic E-state index is 0.774. The first-order valence-electron chi connectivity index (χ1n) is 11.3. The highest BCUT2D eigenvalue weighted by atomic mass is 28.4. The fourth-order valence-corrected chi connectivity index (χ4v) is 4.76. The van der Waals surface area contributed by atoms with Gasteiger partial charge in [0.25, 0.3) is 0 Å². The molecule has 0 amide bonds. The summed E-state index contributed by atoms with van der Waals surface area (Å²) in [5.74, 6) is 0. The number of rotatable bonds is 8. The zero-order valence-corrected chi connectivity index (χ0v) is 22.2. The monoisotopic (exact) mass is 436 g/mol. The van der Waals surface area contributed by atoms with Gasteiger partial charge in [0.05, 0.1) is 22.8 Å². The quantitative estimate of drug-likeness (QED) is 0.234. The first-order valence-corrected chi connectivity index (χ1v) is 14.7. The van der Waals surface area contributed by atoms with Gasteiger partial charge in [-0.3, -0.25) is 9.98 Å². The van der Waals surface area contributed by atoms with Crippen molar-refractivity contribution in [2.75, 3.05) is 6.61 Å². The Hall–Kier alpha value is -2.04. The molecular formula is C27H40N2OSi. The van der Waals surface area contributed by atoms with E-state index in [0.29, 0.717) is 0 Å². The van der Waals surface area contributed by atoms with E-state index >= 15 is 0 Å². The van der Waals surface area contributed by atoms with Crippen LogP contribution in [-0.2, 0) is 4.43 Å². The van der Waals surface area contributed by atoms with E-state index in [1.54, 1.807) is 0 Å². The topological polar surface area (TPSA) is 34.0 Å². The van der Waals surface area contributed by atoms with Crippen molar-refractivity contribution in [1.29, 1.82) is 0 Å². The fourth-order valence-electron chi connectivity index (χ4n) is 4.00. The summed E-state index contributed by atoms with van der Waals surface area (Å²) in [6.45, 7) is 22.4. The van der Waals surface area contributed by atoms with Crippen LogP contribution < -0.4 is 0 Å². The summed E-state index contributed by atoms with van der Waals surface area (Å²) in [4.78, 5) is 10.2. The number of hydrogen-bond donors (Lipinski definition) is 0. The van der Waals surface area contributed by atoms with Crippen LogP contribution in [0.2, 0.25) is 19.6 Å². The molecule has 0 fully saturated rings. The van der Waals surface area contributed by atoms with Crippen LogP contribution >= 0.6 is 0 Å². The minimum atomic E-state index is -1.51. The molecule has 0 spiro atoms. The van der Waals surface area contributed by atoms with Crippen LogP contribution in [0, 0.1) is 41.5 Å². The molecule has 0 aliphatic rings. The summed E-state index contributed by atoms with van der Waals surface area (Å²) < 4.78 is 6.09. The highest BCUT2D eigenvalue weighted by molar-refractivity contribution is 6.69. The van der Waals surface area contributed by atoms with Gasteiger partial charge in [0.15, 0.2) is 8.32 Å². The number of aliphatic imine (C=N–C) groups is 2. The summed E-state index contributed by atoms with van der Waals surface area (Å²) in [7, 11) is -1.51. The molecule has 0 unspecified atom stereocenters. The van der Waals surface area contributed by atoms with E-state index in [4.69, 9.17) is 14.4 Å². The zero-order valence-electron chi connectivity index (χ0n) is 21.2. The van der Waals surface area contributed by atoms with E-state index in [1.807, 2.05) is 0 Å². The van der Waals surface area contributed by atoms with Crippen LogP contribution in [-0.4, -0.2) is 26.3 Å². The predicted octanol–water partition coefficient (Wildman–Crippen LogP) is 8.03. The number of nitrogens with zero attached hydrogens (tertiary/aromatic N) is 2. The van der Waals surface area contributed by atoms with E-state index in [-0.39, 0.29) is 0 Å². The van der Waals surface area contributed by atoms with Crippen LogP contribution in [0.25, 0.3) is 0 Å². The Labute approximate surface area is 190 Å². The second kappa shape index (κ2) is 10.5. The lowest BCUT2D eigenvalue weighted by Crippen LogP contribution is -2.26. The van der Waals surface area contributed by atoms with E-state index in [0.717, 1.165) is 42.2 Å². The van der Waals surface area contributed by atoms with Gasteiger partial charge >= 0.3 is 0 Å². The van der Waals surface area contributed by atoms with Crippen molar-refractivity contribution >= 4 is 31.1 Å². The highest BCUT2D eigenvalue weighted by Crippen LogP contribution is 2.28. The van der Waals surface area contributed by atoms with Crippen molar-refractivity contribution in [2.24, 2.45) is 9.98 Å². The van der Waals surface area contributed by atoms with Crippen molar-refractivity contribution in [3.05, 3.63) is 57.6 Å². The Morgan fingerprint density at radius 3 is 1.58 bits per heavy atom. The first-order chi connectivity index (χ1) is 14.4. The van der Waals surface area contributed by atoms with E-state index in [2.05, 4.69) is 92.4 Å². The van der Waals surface area contributed by atoms with Crippen molar-refractivity contribution < 1.29 is 4.43 Å². The average Bonchev–Trinajstić information content (AvgIpc) is 2.61. The maximum atomic E-state index is 6.09. The van der Waals surface area contributed by atoms with Gasteiger partial charge < -0.3 is 4.43 Å². The van der Waals surface area contributed by atoms with Crippen LogP contribution in [0.3, 0.4) is 0 Å². The van der Waals surface area contributed by atoms with E-state index in [9.17, 15) is 0 Å². The molecule has 0 saturated carbocycles. The molecule has 2 aromatic rings. The molecular weight excluding hydrogens is 396 g/mol. The Morgan fingerprint density at radius 2 is 1.16 bits per heavy atom. The second-order valence-electron chi connectivity index (χ2n) is 9.81. The molecule has 2 aromatic carbocycles. The highest BCUT2D eigenvalue weighted by Gasteiger charge is 2.15. The molecule has 4 heteroatoms. The summed E-state index contributed by atoms with van der Waals surface area (Å²) in [5, 5.41) is 0. The fraction of sp³-hybridized carbons (Fsp3) is 0.481. The summed E-state index contributed by atoms with van der Waals surface area (Å²) in [6.07, 6.45) is 1.81. The Kier molecular flexibility index (Phi) is 8.55. The van der Waals surface area contributed by atoms with Gasteiger partial charge in [0.1, 0.15) is 0 Å². The average molecular weight is 437 g/mol. The van der Waals surface area contributed by atoms with Crippen molar-refractivity contribution in [3.63, 3.8) is 0 Å². The molecule has 3 nitrogen and oxygen atoms in total. The van der Waals surface area contributed by atoms with Gasteiger partial charge in [-0.05, 0) is 103 Å². The molecule has 0 atom stereocenters. The molecule has 2 rings (SSSR count). The molecule has 0 saturated heterocycles. The molecule has 0 radical (unpaired) electrons. The third-order valence-electron chi connectivity index (χ3n) is 5.31. The third kappa shape index (κ3) is 7.55. The minimum Gasteiger partial charge on any atom is -0.418 e. The van der Waals surface area contributed by atoms with Gasteiger partial charge in [-0.2, -0.15) is 0 Å². The number of aryl methyl sites for hydroxylation is 6. The predicted molar refractivity (Wildman–Crippen MR) is 140 cm³/mol. The largest absolute Gasteiger partial charge is 0.418 e. The van der Waals surface area contributed by atoms with Crippen LogP contribution in [0.1, 0.15) is 53.1 Å². The summed E-state index contributed by atoms with van der Waals surface area (Å²) in [5.41, 5.74) is 11.6. The van der Waals surface area contributed by atoms with Gasteiger partial charge in [0.2, 0.25) is 0 Å². The number of hydrogen-bond acceptors (Lipinski definition) is 3. The molecule has 0 aromatic heterocycles. The smallest absolute Gasteiger partial charge is 0.183 e.